The van der Waals surface area contributed by atoms with Gasteiger partial charge in [0.1, 0.15) is 0 Å². The molecule has 0 atom stereocenters. The summed E-state index contributed by atoms with van der Waals surface area (Å²) in [6, 6.07) is 0. The number of hydrogen-bond acceptors (Lipinski definition) is 5. The van der Waals surface area contributed by atoms with E-state index >= 15 is 0 Å². The van der Waals surface area contributed by atoms with E-state index in [4.69, 9.17) is 9.05 Å². The van der Waals surface area contributed by atoms with Gasteiger partial charge in [-0.1, -0.05) is 38.8 Å². The Kier molecular flexibility index (Phi) is 9.59. The first kappa shape index (κ1) is 20.5. The first-order valence-electron chi connectivity index (χ1n) is 7.61. The molecule has 5 nitrogen and oxygen atoms in total. The Labute approximate surface area is 133 Å². The molecule has 0 aliphatic carbocycles. The summed E-state index contributed by atoms with van der Waals surface area (Å²) in [5, 5.41) is 0. The van der Waals surface area contributed by atoms with Crippen LogP contribution in [0.15, 0.2) is 22.3 Å². The standard InChI is InChI=1S/C16H26O5P/c1-7-13(8-2)11(5)15(17)20-22(19)21-16(18)12(6)14(9-3)10-4/h7-10H2,1-6H3/q+1. The highest BCUT2D eigenvalue weighted by molar-refractivity contribution is 7.34. The Hall–Kier alpha value is -1.48. The van der Waals surface area contributed by atoms with Crippen molar-refractivity contribution in [1.82, 2.24) is 0 Å². The molecular formula is C16H26O5P+. The number of hydrogen-bond donors (Lipinski definition) is 0. The lowest BCUT2D eigenvalue weighted by Gasteiger charge is -2.04. The third-order valence-electron chi connectivity index (χ3n) is 3.70. The van der Waals surface area contributed by atoms with Gasteiger partial charge in [-0.3, -0.25) is 0 Å². The highest BCUT2D eigenvalue weighted by Gasteiger charge is 2.33. The van der Waals surface area contributed by atoms with Crippen LogP contribution in [0.3, 0.4) is 0 Å². The van der Waals surface area contributed by atoms with Crippen LogP contribution in [0.25, 0.3) is 0 Å². The van der Waals surface area contributed by atoms with Crippen molar-refractivity contribution in [3.8, 4) is 0 Å². The fourth-order valence-corrected chi connectivity index (χ4v) is 2.72. The topological polar surface area (TPSA) is 69.7 Å². The molecule has 0 aliphatic heterocycles. The molecule has 0 N–H and O–H groups in total. The average molecular weight is 329 g/mol. The Morgan fingerprint density at radius 1 is 0.727 bits per heavy atom. The highest BCUT2D eigenvalue weighted by Crippen LogP contribution is 2.29. The second-order valence-electron chi connectivity index (χ2n) is 4.85. The second-order valence-corrected chi connectivity index (χ2v) is 5.66. The van der Waals surface area contributed by atoms with Crippen LogP contribution in [0.5, 0.6) is 0 Å². The number of allylic oxidation sites excluding steroid dienone is 2. The fraction of sp³-hybridized carbons (Fsp3) is 0.625. The maximum atomic E-state index is 11.8. The summed E-state index contributed by atoms with van der Waals surface area (Å²) in [5.74, 6) is -1.42. The molecule has 0 saturated carbocycles. The lowest BCUT2D eigenvalue weighted by molar-refractivity contribution is -0.133. The van der Waals surface area contributed by atoms with Crippen LogP contribution in [0.4, 0.5) is 0 Å². The lowest BCUT2D eigenvalue weighted by atomic mass is 10.1. The molecule has 0 aromatic rings. The van der Waals surface area contributed by atoms with Crippen molar-refractivity contribution in [3.63, 3.8) is 0 Å². The predicted octanol–water partition coefficient (Wildman–Crippen LogP) is 5.00. The molecule has 0 aliphatic rings. The normalized spacial score (nSPS) is 9.73. The first-order valence-corrected chi connectivity index (χ1v) is 8.70. The van der Waals surface area contributed by atoms with E-state index in [0.717, 1.165) is 11.1 Å². The smallest absolute Gasteiger partial charge is 0.241 e. The van der Waals surface area contributed by atoms with Crippen molar-refractivity contribution in [2.75, 3.05) is 0 Å². The summed E-state index contributed by atoms with van der Waals surface area (Å²) < 4.78 is 21.1. The molecule has 0 aromatic heterocycles. The van der Waals surface area contributed by atoms with Crippen LogP contribution in [0.1, 0.15) is 67.2 Å². The van der Waals surface area contributed by atoms with Crippen molar-refractivity contribution >= 4 is 20.2 Å². The average Bonchev–Trinajstić information content (AvgIpc) is 2.49. The zero-order chi connectivity index (χ0) is 17.3. The van der Waals surface area contributed by atoms with Gasteiger partial charge in [0.15, 0.2) is 0 Å². The van der Waals surface area contributed by atoms with E-state index in [-0.39, 0.29) is 0 Å². The van der Waals surface area contributed by atoms with Gasteiger partial charge >= 0.3 is 20.2 Å². The van der Waals surface area contributed by atoms with Crippen LogP contribution >= 0.6 is 8.25 Å². The molecule has 0 heterocycles. The monoisotopic (exact) mass is 329 g/mol. The number of carbonyl (C=O) groups is 2. The van der Waals surface area contributed by atoms with Gasteiger partial charge in [0.2, 0.25) is 0 Å². The van der Waals surface area contributed by atoms with E-state index in [1.165, 1.54) is 0 Å². The van der Waals surface area contributed by atoms with Crippen LogP contribution in [-0.4, -0.2) is 11.9 Å². The Morgan fingerprint density at radius 3 is 1.23 bits per heavy atom. The van der Waals surface area contributed by atoms with E-state index in [0.29, 0.717) is 36.8 Å². The largest absolute Gasteiger partial charge is 0.812 e. The lowest BCUT2D eigenvalue weighted by Crippen LogP contribution is -2.08. The van der Waals surface area contributed by atoms with Gasteiger partial charge in [0.05, 0.1) is 0 Å². The Morgan fingerprint density at radius 2 is 1.00 bits per heavy atom. The maximum absolute atomic E-state index is 11.8. The van der Waals surface area contributed by atoms with Crippen LogP contribution < -0.4 is 0 Å². The van der Waals surface area contributed by atoms with E-state index < -0.39 is 20.2 Å². The van der Waals surface area contributed by atoms with Crippen LogP contribution in [-0.2, 0) is 23.2 Å². The summed E-state index contributed by atoms with van der Waals surface area (Å²) in [7, 11) is -2.81. The fourth-order valence-electron chi connectivity index (χ4n) is 2.14. The number of carbonyl (C=O) groups excluding carboxylic acids is 2. The predicted molar refractivity (Wildman–Crippen MR) is 86.4 cm³/mol. The summed E-state index contributed by atoms with van der Waals surface area (Å²) >= 11 is 0. The molecule has 0 aromatic carbocycles. The van der Waals surface area contributed by atoms with E-state index in [1.807, 2.05) is 27.7 Å². The first-order chi connectivity index (χ1) is 10.3. The highest BCUT2D eigenvalue weighted by atomic mass is 31.1. The summed E-state index contributed by atoms with van der Waals surface area (Å²) in [6.07, 6.45) is 2.86. The van der Waals surface area contributed by atoms with Gasteiger partial charge in [-0.2, -0.15) is 9.05 Å². The Balaban J connectivity index is 4.84. The molecule has 0 amide bonds. The minimum Gasteiger partial charge on any atom is -0.241 e. The third kappa shape index (κ3) is 6.10. The van der Waals surface area contributed by atoms with Crippen molar-refractivity contribution in [2.24, 2.45) is 0 Å². The van der Waals surface area contributed by atoms with Gasteiger partial charge in [-0.15, -0.1) is 0 Å². The minimum atomic E-state index is -2.81. The Bertz CT molecular complexity index is 447. The molecule has 22 heavy (non-hydrogen) atoms. The zero-order valence-electron chi connectivity index (χ0n) is 14.3. The van der Waals surface area contributed by atoms with Crippen molar-refractivity contribution in [3.05, 3.63) is 22.3 Å². The molecule has 0 bridgehead atoms. The van der Waals surface area contributed by atoms with Crippen molar-refractivity contribution in [2.45, 2.75) is 67.2 Å². The summed E-state index contributed by atoms with van der Waals surface area (Å²) in [5.41, 5.74) is 2.68. The SMILES string of the molecule is CCC(CC)=C(C)C(=O)O[P+](=O)OC(=O)C(C)=C(CC)CC. The van der Waals surface area contributed by atoms with Gasteiger partial charge in [0, 0.05) is 15.7 Å². The summed E-state index contributed by atoms with van der Waals surface area (Å²) in [6.45, 7) is 11.0. The molecule has 0 saturated heterocycles. The van der Waals surface area contributed by atoms with Crippen molar-refractivity contribution < 1.29 is 23.2 Å². The van der Waals surface area contributed by atoms with Gasteiger partial charge in [0.25, 0.3) is 0 Å². The van der Waals surface area contributed by atoms with Crippen LogP contribution in [0, 0.1) is 0 Å². The molecule has 0 fully saturated rings. The maximum Gasteiger partial charge on any atom is 0.812 e. The van der Waals surface area contributed by atoms with E-state index in [2.05, 4.69) is 0 Å². The molecule has 6 heteroatoms. The third-order valence-corrected chi connectivity index (χ3v) is 4.32. The summed E-state index contributed by atoms with van der Waals surface area (Å²) in [4.78, 5) is 23.7. The molecular weight excluding hydrogens is 303 g/mol. The molecule has 0 spiro atoms. The quantitative estimate of drug-likeness (QED) is 0.463. The molecule has 0 rings (SSSR count). The number of rotatable bonds is 8. The molecule has 0 unspecified atom stereocenters. The van der Waals surface area contributed by atoms with Gasteiger partial charge in [-0.25, -0.2) is 9.59 Å². The van der Waals surface area contributed by atoms with E-state index in [9.17, 15) is 14.2 Å². The second kappa shape index (κ2) is 10.3. The van der Waals surface area contributed by atoms with Gasteiger partial charge < -0.3 is 0 Å². The van der Waals surface area contributed by atoms with Crippen LogP contribution in [0.2, 0.25) is 0 Å². The zero-order valence-corrected chi connectivity index (χ0v) is 15.2. The molecule has 124 valence electrons. The van der Waals surface area contributed by atoms with Gasteiger partial charge in [-0.05, 0) is 39.5 Å². The van der Waals surface area contributed by atoms with E-state index in [1.54, 1.807) is 13.8 Å². The minimum absolute atomic E-state index is 0.416. The molecule has 0 radical (unpaired) electrons. The van der Waals surface area contributed by atoms with Crippen molar-refractivity contribution in [1.29, 1.82) is 0 Å².